The topological polar surface area (TPSA) is 59.4 Å². The van der Waals surface area contributed by atoms with Crippen molar-refractivity contribution >= 4 is 5.97 Å². The molecular weight excluding hydrogens is 227 g/mol. The molecule has 0 aliphatic heterocycles. The Kier molecular flexibility index (Phi) is 3.36. The predicted octanol–water partition coefficient (Wildman–Crippen LogP) is 2.11. The Labute approximate surface area is 88.7 Å². The molecule has 1 heterocycles. The van der Waals surface area contributed by atoms with Crippen molar-refractivity contribution in [3.05, 3.63) is 24.0 Å². The van der Waals surface area contributed by atoms with Gasteiger partial charge >= 0.3 is 12.1 Å². The number of carbonyl (C=O) groups is 1. The van der Waals surface area contributed by atoms with E-state index in [1.807, 2.05) is 0 Å². The Morgan fingerprint density at radius 2 is 2.19 bits per heavy atom. The summed E-state index contributed by atoms with van der Waals surface area (Å²) in [5, 5.41) is 8.56. The Hall–Kier alpha value is -1.79. The summed E-state index contributed by atoms with van der Waals surface area (Å²) in [7, 11) is 0. The van der Waals surface area contributed by atoms with Crippen molar-refractivity contribution in [2.75, 3.05) is 0 Å². The fourth-order valence-electron chi connectivity index (χ4n) is 0.872. The summed E-state index contributed by atoms with van der Waals surface area (Å²) in [6.07, 6.45) is -5.43. The molecule has 0 bridgehead atoms. The molecule has 0 aromatic carbocycles. The zero-order valence-electron chi connectivity index (χ0n) is 8.15. The third-order valence-corrected chi connectivity index (χ3v) is 1.72. The van der Waals surface area contributed by atoms with E-state index in [0.717, 1.165) is 25.3 Å². The van der Waals surface area contributed by atoms with Gasteiger partial charge in [-0.15, -0.1) is 0 Å². The third-order valence-electron chi connectivity index (χ3n) is 1.72. The molecule has 0 saturated carbocycles. The van der Waals surface area contributed by atoms with Gasteiger partial charge in [0.1, 0.15) is 5.75 Å². The third kappa shape index (κ3) is 3.11. The average Bonchev–Trinajstić information content (AvgIpc) is 2.16. The van der Waals surface area contributed by atoms with Crippen LogP contribution in [0.2, 0.25) is 0 Å². The zero-order valence-corrected chi connectivity index (χ0v) is 8.15. The van der Waals surface area contributed by atoms with Gasteiger partial charge in [-0.2, -0.15) is 13.2 Å². The number of ether oxygens (including phenoxy) is 1. The molecule has 16 heavy (non-hydrogen) atoms. The number of nitrogens with zero attached hydrogens (tertiary/aromatic N) is 1. The number of carboxylic acids is 1. The normalized spacial score (nSPS) is 13.2. The number of halogens is 3. The van der Waals surface area contributed by atoms with Crippen molar-refractivity contribution < 1.29 is 27.8 Å². The summed E-state index contributed by atoms with van der Waals surface area (Å²) in [4.78, 5) is 13.9. The molecule has 4 nitrogen and oxygen atoms in total. The van der Waals surface area contributed by atoms with Crippen LogP contribution in [0.1, 0.15) is 17.4 Å². The summed E-state index contributed by atoms with van der Waals surface area (Å²) in [6, 6.07) is 2.10. The maximum atomic E-state index is 12.1. The van der Waals surface area contributed by atoms with Crippen LogP contribution in [-0.2, 0) is 0 Å². The Balaban J connectivity index is 2.82. The van der Waals surface area contributed by atoms with Gasteiger partial charge in [0.15, 0.2) is 11.8 Å². The largest absolute Gasteiger partial charge is 0.481 e. The Morgan fingerprint density at radius 3 is 2.69 bits per heavy atom. The second kappa shape index (κ2) is 4.38. The minimum absolute atomic E-state index is 0.183. The molecule has 0 amide bonds. The second-order valence-electron chi connectivity index (χ2n) is 2.98. The summed E-state index contributed by atoms with van der Waals surface area (Å²) in [5.41, 5.74) is -0.369. The predicted molar refractivity (Wildman–Crippen MR) is 47.3 cm³/mol. The highest BCUT2D eigenvalue weighted by molar-refractivity contribution is 5.85. The van der Waals surface area contributed by atoms with Crippen LogP contribution in [0.3, 0.4) is 0 Å². The molecule has 1 aromatic heterocycles. The SMILES string of the molecule is C[C@H](Oc1ccnc(C(=O)O)c1)C(F)(F)F. The summed E-state index contributed by atoms with van der Waals surface area (Å²) < 4.78 is 41.0. The number of hydrogen-bond acceptors (Lipinski definition) is 3. The zero-order chi connectivity index (χ0) is 12.3. The molecule has 0 fully saturated rings. The van der Waals surface area contributed by atoms with E-state index < -0.39 is 18.2 Å². The molecule has 88 valence electrons. The minimum Gasteiger partial charge on any atom is -0.481 e. The van der Waals surface area contributed by atoms with Gasteiger partial charge in [0.2, 0.25) is 0 Å². The highest BCUT2D eigenvalue weighted by atomic mass is 19.4. The molecule has 0 unspecified atom stereocenters. The van der Waals surface area contributed by atoms with E-state index in [-0.39, 0.29) is 11.4 Å². The number of rotatable bonds is 3. The first-order valence-corrected chi connectivity index (χ1v) is 4.23. The van der Waals surface area contributed by atoms with Crippen molar-refractivity contribution in [2.24, 2.45) is 0 Å². The smallest absolute Gasteiger partial charge is 0.425 e. The molecule has 0 spiro atoms. The fourth-order valence-corrected chi connectivity index (χ4v) is 0.872. The molecule has 1 N–H and O–H groups in total. The van der Waals surface area contributed by atoms with Gasteiger partial charge in [0.25, 0.3) is 0 Å². The van der Waals surface area contributed by atoms with Crippen LogP contribution in [0.15, 0.2) is 18.3 Å². The first-order valence-electron chi connectivity index (χ1n) is 4.23. The summed E-state index contributed by atoms with van der Waals surface area (Å²) in [6.45, 7) is 0.834. The van der Waals surface area contributed by atoms with Crippen LogP contribution in [-0.4, -0.2) is 28.3 Å². The van der Waals surface area contributed by atoms with Crippen LogP contribution in [0, 0.1) is 0 Å². The maximum Gasteiger partial charge on any atom is 0.425 e. The van der Waals surface area contributed by atoms with Gasteiger partial charge < -0.3 is 9.84 Å². The van der Waals surface area contributed by atoms with E-state index in [0.29, 0.717) is 0 Å². The minimum atomic E-state index is -4.49. The van der Waals surface area contributed by atoms with Crippen LogP contribution in [0.25, 0.3) is 0 Å². The van der Waals surface area contributed by atoms with Crippen molar-refractivity contribution in [1.29, 1.82) is 0 Å². The summed E-state index contributed by atoms with van der Waals surface area (Å²) in [5.74, 6) is -1.51. The van der Waals surface area contributed by atoms with Crippen LogP contribution in [0.5, 0.6) is 5.75 Å². The van der Waals surface area contributed by atoms with Gasteiger partial charge in [-0.1, -0.05) is 0 Å². The van der Waals surface area contributed by atoms with E-state index in [2.05, 4.69) is 9.72 Å². The molecule has 1 atom stereocenters. The standard InChI is InChI=1S/C9H8F3NO3/c1-5(9(10,11)12)16-6-2-3-13-7(4-6)8(14)15/h2-5H,1H3,(H,14,15)/t5-/m0/s1. The van der Waals surface area contributed by atoms with Crippen LogP contribution >= 0.6 is 0 Å². The molecule has 1 rings (SSSR count). The molecule has 7 heteroatoms. The van der Waals surface area contributed by atoms with Crippen molar-refractivity contribution in [3.63, 3.8) is 0 Å². The van der Waals surface area contributed by atoms with Crippen molar-refractivity contribution in [1.82, 2.24) is 4.98 Å². The number of hydrogen-bond donors (Lipinski definition) is 1. The Bertz CT molecular complexity index is 392. The number of aromatic nitrogens is 1. The number of aromatic carboxylic acids is 1. The highest BCUT2D eigenvalue weighted by Crippen LogP contribution is 2.24. The van der Waals surface area contributed by atoms with E-state index in [9.17, 15) is 18.0 Å². The molecule has 0 aliphatic rings. The first kappa shape index (κ1) is 12.3. The van der Waals surface area contributed by atoms with E-state index in [4.69, 9.17) is 5.11 Å². The monoisotopic (exact) mass is 235 g/mol. The van der Waals surface area contributed by atoms with Gasteiger partial charge in [0.05, 0.1) is 0 Å². The van der Waals surface area contributed by atoms with Gasteiger partial charge in [-0.05, 0) is 13.0 Å². The lowest BCUT2D eigenvalue weighted by Gasteiger charge is -2.17. The number of pyridine rings is 1. The molecule has 0 saturated heterocycles. The fraction of sp³-hybridized carbons (Fsp3) is 0.333. The second-order valence-corrected chi connectivity index (χ2v) is 2.98. The summed E-state index contributed by atoms with van der Waals surface area (Å²) >= 11 is 0. The lowest BCUT2D eigenvalue weighted by atomic mass is 10.3. The van der Waals surface area contributed by atoms with Crippen molar-refractivity contribution in [2.45, 2.75) is 19.2 Å². The van der Waals surface area contributed by atoms with E-state index in [1.165, 1.54) is 0 Å². The van der Waals surface area contributed by atoms with E-state index in [1.54, 1.807) is 0 Å². The highest BCUT2D eigenvalue weighted by Gasteiger charge is 2.38. The molecule has 0 radical (unpaired) electrons. The lowest BCUT2D eigenvalue weighted by molar-refractivity contribution is -0.189. The number of alkyl halides is 3. The van der Waals surface area contributed by atoms with Crippen LogP contribution < -0.4 is 4.74 Å². The van der Waals surface area contributed by atoms with Crippen molar-refractivity contribution in [3.8, 4) is 5.75 Å². The molecular formula is C9H8F3NO3. The lowest BCUT2D eigenvalue weighted by Crippen LogP contribution is -2.31. The first-order chi connectivity index (χ1) is 7.30. The van der Waals surface area contributed by atoms with Crippen LogP contribution in [0.4, 0.5) is 13.2 Å². The molecule has 1 aromatic rings. The molecule has 0 aliphatic carbocycles. The average molecular weight is 235 g/mol. The quantitative estimate of drug-likeness (QED) is 0.871. The Morgan fingerprint density at radius 1 is 1.56 bits per heavy atom. The van der Waals surface area contributed by atoms with E-state index >= 15 is 0 Å². The van der Waals surface area contributed by atoms with Gasteiger partial charge in [-0.3, -0.25) is 0 Å². The maximum absolute atomic E-state index is 12.1. The van der Waals surface area contributed by atoms with Gasteiger partial charge in [-0.25, -0.2) is 9.78 Å². The van der Waals surface area contributed by atoms with Gasteiger partial charge in [0, 0.05) is 12.3 Å². The number of carboxylic acid groups (broad SMARTS) is 1.